The minimum atomic E-state index is 1.05. The molecule has 2 aliphatic heterocycles. The maximum absolute atomic E-state index is 3.45. The molecule has 1 fully saturated rings. The monoisotopic (exact) mass is 248 g/mol. The Morgan fingerprint density at radius 1 is 1.24 bits per heavy atom. The zero-order chi connectivity index (χ0) is 11.5. The van der Waals surface area contributed by atoms with Gasteiger partial charge in [-0.15, -0.1) is 0 Å². The predicted octanol–water partition coefficient (Wildman–Crippen LogP) is 1.88. The van der Waals surface area contributed by atoms with Crippen LogP contribution in [0.4, 0.5) is 0 Å². The molecule has 2 nitrogen and oxygen atoms in total. The van der Waals surface area contributed by atoms with Crippen molar-refractivity contribution >= 4 is 11.8 Å². The molecule has 0 saturated carbocycles. The SMILES string of the molecule is c1cc2c(c(CN3CCSCC3)c1)CCNC2. The summed E-state index contributed by atoms with van der Waals surface area (Å²) in [4.78, 5) is 2.61. The lowest BCUT2D eigenvalue weighted by molar-refractivity contribution is 0.293. The van der Waals surface area contributed by atoms with Crippen LogP contribution in [-0.4, -0.2) is 36.0 Å². The van der Waals surface area contributed by atoms with Gasteiger partial charge in [-0.25, -0.2) is 0 Å². The average Bonchev–Trinajstić information content (AvgIpc) is 2.40. The van der Waals surface area contributed by atoms with Gasteiger partial charge in [0.1, 0.15) is 0 Å². The van der Waals surface area contributed by atoms with Crippen molar-refractivity contribution < 1.29 is 0 Å². The molecule has 0 aliphatic carbocycles. The Kier molecular flexibility index (Phi) is 3.69. The van der Waals surface area contributed by atoms with Crippen molar-refractivity contribution in [3.05, 3.63) is 34.9 Å². The zero-order valence-electron chi connectivity index (χ0n) is 10.2. The number of thioether (sulfide) groups is 1. The first-order chi connectivity index (χ1) is 8.43. The number of hydrogen-bond donors (Lipinski definition) is 1. The van der Waals surface area contributed by atoms with Crippen molar-refractivity contribution in [3.63, 3.8) is 0 Å². The normalized spacial score (nSPS) is 21.2. The van der Waals surface area contributed by atoms with Crippen LogP contribution < -0.4 is 5.32 Å². The first kappa shape index (κ1) is 11.6. The van der Waals surface area contributed by atoms with Crippen LogP contribution in [-0.2, 0) is 19.5 Å². The van der Waals surface area contributed by atoms with Gasteiger partial charge in [-0.2, -0.15) is 11.8 Å². The van der Waals surface area contributed by atoms with Gasteiger partial charge in [0.05, 0.1) is 0 Å². The molecule has 1 saturated heterocycles. The van der Waals surface area contributed by atoms with Crippen molar-refractivity contribution in [1.29, 1.82) is 0 Å². The van der Waals surface area contributed by atoms with Crippen LogP contribution in [0.5, 0.6) is 0 Å². The summed E-state index contributed by atoms with van der Waals surface area (Å²) >= 11 is 2.09. The fourth-order valence-electron chi connectivity index (χ4n) is 2.76. The topological polar surface area (TPSA) is 15.3 Å². The molecular formula is C14H20N2S. The van der Waals surface area contributed by atoms with E-state index in [2.05, 4.69) is 40.2 Å². The highest BCUT2D eigenvalue weighted by Crippen LogP contribution is 2.21. The van der Waals surface area contributed by atoms with Crippen LogP contribution in [0.25, 0.3) is 0 Å². The smallest absolute Gasteiger partial charge is 0.0237 e. The van der Waals surface area contributed by atoms with E-state index >= 15 is 0 Å². The molecule has 1 N–H and O–H groups in total. The van der Waals surface area contributed by atoms with E-state index in [1.165, 1.54) is 36.6 Å². The Morgan fingerprint density at radius 2 is 2.12 bits per heavy atom. The van der Waals surface area contributed by atoms with Gasteiger partial charge in [0, 0.05) is 37.7 Å². The molecule has 0 atom stereocenters. The Balaban J connectivity index is 1.77. The minimum absolute atomic E-state index is 1.05. The molecule has 92 valence electrons. The molecule has 0 amide bonds. The highest BCUT2D eigenvalue weighted by molar-refractivity contribution is 7.99. The first-order valence-corrected chi connectivity index (χ1v) is 7.69. The quantitative estimate of drug-likeness (QED) is 0.860. The standard InChI is InChI=1S/C14H20N2S/c1-2-12-10-15-5-4-14(12)13(3-1)11-16-6-8-17-9-7-16/h1-3,15H,4-11H2. The van der Waals surface area contributed by atoms with E-state index in [0.29, 0.717) is 0 Å². The van der Waals surface area contributed by atoms with E-state index in [1.807, 2.05) is 0 Å². The highest BCUT2D eigenvalue weighted by Gasteiger charge is 2.16. The summed E-state index contributed by atoms with van der Waals surface area (Å²) in [5.74, 6) is 2.60. The Morgan fingerprint density at radius 3 is 3.00 bits per heavy atom. The summed E-state index contributed by atoms with van der Waals surface area (Å²) in [6.07, 6.45) is 1.20. The number of benzene rings is 1. The molecule has 0 radical (unpaired) electrons. The molecule has 2 aliphatic rings. The second-order valence-corrected chi connectivity index (χ2v) is 6.09. The third kappa shape index (κ3) is 2.67. The van der Waals surface area contributed by atoms with Crippen LogP contribution in [0, 0.1) is 0 Å². The molecule has 2 heterocycles. The zero-order valence-corrected chi connectivity index (χ0v) is 11.1. The Hall–Kier alpha value is -0.510. The van der Waals surface area contributed by atoms with Crippen molar-refractivity contribution in [2.24, 2.45) is 0 Å². The van der Waals surface area contributed by atoms with Gasteiger partial charge in [0.2, 0.25) is 0 Å². The second-order valence-electron chi connectivity index (χ2n) is 4.87. The lowest BCUT2D eigenvalue weighted by Gasteiger charge is -2.28. The van der Waals surface area contributed by atoms with E-state index in [9.17, 15) is 0 Å². The van der Waals surface area contributed by atoms with Gasteiger partial charge >= 0.3 is 0 Å². The molecule has 0 bridgehead atoms. The second kappa shape index (κ2) is 5.42. The summed E-state index contributed by atoms with van der Waals surface area (Å²) in [5, 5.41) is 3.45. The van der Waals surface area contributed by atoms with Crippen LogP contribution in [0.2, 0.25) is 0 Å². The number of fused-ring (bicyclic) bond motifs is 1. The largest absolute Gasteiger partial charge is 0.312 e. The Bertz CT molecular complexity index is 386. The maximum Gasteiger partial charge on any atom is 0.0237 e. The number of nitrogens with zero attached hydrogens (tertiary/aromatic N) is 1. The third-order valence-corrected chi connectivity index (χ3v) is 4.68. The number of rotatable bonds is 2. The molecule has 1 aromatic rings. The van der Waals surface area contributed by atoms with E-state index in [0.717, 1.165) is 19.6 Å². The molecule has 3 rings (SSSR count). The van der Waals surface area contributed by atoms with Crippen molar-refractivity contribution in [1.82, 2.24) is 10.2 Å². The van der Waals surface area contributed by atoms with Gasteiger partial charge < -0.3 is 5.32 Å². The molecule has 0 spiro atoms. The van der Waals surface area contributed by atoms with Crippen molar-refractivity contribution in [2.75, 3.05) is 31.1 Å². The molecule has 0 aromatic heterocycles. The van der Waals surface area contributed by atoms with E-state index in [-0.39, 0.29) is 0 Å². The van der Waals surface area contributed by atoms with Gasteiger partial charge in [0.15, 0.2) is 0 Å². The minimum Gasteiger partial charge on any atom is -0.312 e. The van der Waals surface area contributed by atoms with Gasteiger partial charge in [-0.3, -0.25) is 4.90 Å². The molecule has 3 heteroatoms. The third-order valence-electron chi connectivity index (χ3n) is 3.73. The first-order valence-electron chi connectivity index (χ1n) is 6.54. The number of hydrogen-bond acceptors (Lipinski definition) is 3. The molecular weight excluding hydrogens is 228 g/mol. The molecule has 17 heavy (non-hydrogen) atoms. The van der Waals surface area contributed by atoms with Crippen molar-refractivity contribution in [3.8, 4) is 0 Å². The predicted molar refractivity (Wildman–Crippen MR) is 74.5 cm³/mol. The summed E-state index contributed by atoms with van der Waals surface area (Å²) in [5.41, 5.74) is 4.69. The summed E-state index contributed by atoms with van der Waals surface area (Å²) in [7, 11) is 0. The van der Waals surface area contributed by atoms with Gasteiger partial charge in [-0.05, 0) is 29.7 Å². The number of nitrogens with one attached hydrogen (secondary N) is 1. The fourth-order valence-corrected chi connectivity index (χ4v) is 3.74. The van der Waals surface area contributed by atoms with Crippen LogP contribution in [0.1, 0.15) is 16.7 Å². The van der Waals surface area contributed by atoms with Crippen LogP contribution >= 0.6 is 11.8 Å². The van der Waals surface area contributed by atoms with Gasteiger partial charge in [-0.1, -0.05) is 18.2 Å². The fraction of sp³-hybridized carbons (Fsp3) is 0.571. The van der Waals surface area contributed by atoms with Gasteiger partial charge in [0.25, 0.3) is 0 Å². The summed E-state index contributed by atoms with van der Waals surface area (Å²) in [6, 6.07) is 6.82. The molecule has 1 aromatic carbocycles. The lowest BCUT2D eigenvalue weighted by Crippen LogP contribution is -2.33. The van der Waals surface area contributed by atoms with Crippen LogP contribution in [0.3, 0.4) is 0 Å². The van der Waals surface area contributed by atoms with E-state index < -0.39 is 0 Å². The summed E-state index contributed by atoms with van der Waals surface area (Å²) in [6.45, 7) is 5.86. The lowest BCUT2D eigenvalue weighted by atomic mass is 9.95. The average molecular weight is 248 g/mol. The molecule has 0 unspecified atom stereocenters. The summed E-state index contributed by atoms with van der Waals surface area (Å²) < 4.78 is 0. The Labute approximate surface area is 108 Å². The van der Waals surface area contributed by atoms with Crippen molar-refractivity contribution in [2.45, 2.75) is 19.5 Å². The van der Waals surface area contributed by atoms with E-state index in [1.54, 1.807) is 11.1 Å². The van der Waals surface area contributed by atoms with Crippen LogP contribution in [0.15, 0.2) is 18.2 Å². The highest BCUT2D eigenvalue weighted by atomic mass is 32.2. The maximum atomic E-state index is 3.45. The van der Waals surface area contributed by atoms with E-state index in [4.69, 9.17) is 0 Å².